The van der Waals surface area contributed by atoms with Gasteiger partial charge in [0.1, 0.15) is 12.4 Å². The maximum atomic E-state index is 8.64. The van der Waals surface area contributed by atoms with Gasteiger partial charge in [-0.05, 0) is 30.5 Å². The molecule has 0 unspecified atom stereocenters. The molecule has 2 N–H and O–H groups in total. The van der Waals surface area contributed by atoms with Gasteiger partial charge in [0.05, 0.1) is 13.2 Å². The minimum Gasteiger partial charge on any atom is -0.491 e. The first-order valence-corrected chi connectivity index (χ1v) is 6.88. The summed E-state index contributed by atoms with van der Waals surface area (Å²) in [6.07, 6.45) is 4.10. The Balaban J connectivity index is 2.09. The first-order valence-electron chi connectivity index (χ1n) is 6.88. The highest BCUT2D eigenvalue weighted by molar-refractivity contribution is 5.26. The number of aliphatic hydroxyl groups is 2. The minimum atomic E-state index is 0.0289. The van der Waals surface area contributed by atoms with Crippen molar-refractivity contribution in [2.45, 2.75) is 32.3 Å². The Morgan fingerprint density at radius 2 is 1.53 bits per heavy atom. The van der Waals surface area contributed by atoms with E-state index in [2.05, 4.69) is 0 Å². The van der Waals surface area contributed by atoms with E-state index in [-0.39, 0.29) is 13.2 Å². The molecule has 0 bridgehead atoms. The first kappa shape index (κ1) is 16.0. The number of benzene rings is 1. The van der Waals surface area contributed by atoms with Crippen LogP contribution in [0, 0.1) is 0 Å². The Kier molecular flexibility index (Phi) is 9.06. The van der Waals surface area contributed by atoms with Crippen LogP contribution in [-0.4, -0.2) is 36.6 Å². The van der Waals surface area contributed by atoms with Crippen molar-refractivity contribution < 1.29 is 19.7 Å². The largest absolute Gasteiger partial charge is 0.491 e. The first-order chi connectivity index (χ1) is 9.36. The molecule has 0 amide bonds. The zero-order valence-electron chi connectivity index (χ0n) is 11.4. The van der Waals surface area contributed by atoms with Crippen molar-refractivity contribution in [2.24, 2.45) is 0 Å². The summed E-state index contributed by atoms with van der Waals surface area (Å²) in [7, 11) is 0. The molecule has 0 radical (unpaired) electrons. The molecule has 4 nitrogen and oxygen atoms in total. The number of hydrogen-bond donors (Lipinski definition) is 2. The zero-order valence-corrected chi connectivity index (χ0v) is 11.4. The average Bonchev–Trinajstić information content (AvgIpc) is 2.45. The average molecular weight is 268 g/mol. The third kappa shape index (κ3) is 7.82. The van der Waals surface area contributed by atoms with Gasteiger partial charge in [-0.15, -0.1) is 0 Å². The second-order valence-corrected chi connectivity index (χ2v) is 4.41. The molecule has 0 aliphatic carbocycles. The lowest BCUT2D eigenvalue weighted by atomic mass is 10.2. The van der Waals surface area contributed by atoms with E-state index in [1.807, 2.05) is 24.3 Å². The van der Waals surface area contributed by atoms with Crippen molar-refractivity contribution in [3.05, 3.63) is 29.8 Å². The molecule has 0 saturated carbocycles. The summed E-state index contributed by atoms with van der Waals surface area (Å²) < 4.78 is 10.9. The van der Waals surface area contributed by atoms with Crippen LogP contribution in [0.2, 0.25) is 0 Å². The van der Waals surface area contributed by atoms with Crippen LogP contribution < -0.4 is 4.74 Å². The maximum Gasteiger partial charge on any atom is 0.119 e. The lowest BCUT2D eigenvalue weighted by Crippen LogP contribution is -2.01. The molecule has 0 aromatic heterocycles. The number of aliphatic hydroxyl groups excluding tert-OH is 2. The number of rotatable bonds is 11. The molecule has 4 heteroatoms. The smallest absolute Gasteiger partial charge is 0.119 e. The fourth-order valence-corrected chi connectivity index (χ4v) is 1.70. The second kappa shape index (κ2) is 10.8. The number of unbranched alkanes of at least 4 members (excludes halogenated alkanes) is 3. The quantitative estimate of drug-likeness (QED) is 0.604. The Morgan fingerprint density at radius 1 is 0.789 bits per heavy atom. The summed E-state index contributed by atoms with van der Waals surface area (Å²) in [6, 6.07) is 7.71. The highest BCUT2D eigenvalue weighted by atomic mass is 16.5. The summed E-state index contributed by atoms with van der Waals surface area (Å²) in [6.45, 7) is 2.00. The highest BCUT2D eigenvalue weighted by Crippen LogP contribution is 2.13. The molecule has 19 heavy (non-hydrogen) atoms. The van der Waals surface area contributed by atoms with Gasteiger partial charge in [0, 0.05) is 13.2 Å². The van der Waals surface area contributed by atoms with Crippen molar-refractivity contribution in [3.63, 3.8) is 0 Å². The van der Waals surface area contributed by atoms with E-state index in [0.717, 1.165) is 43.6 Å². The summed E-state index contributed by atoms with van der Waals surface area (Å²) >= 11 is 0. The molecule has 0 spiro atoms. The lowest BCUT2D eigenvalue weighted by molar-refractivity contribution is 0.116. The van der Waals surface area contributed by atoms with E-state index < -0.39 is 0 Å². The van der Waals surface area contributed by atoms with Crippen LogP contribution in [0.3, 0.4) is 0 Å². The Bertz CT molecular complexity index is 310. The van der Waals surface area contributed by atoms with Gasteiger partial charge in [-0.25, -0.2) is 0 Å². The minimum absolute atomic E-state index is 0.0289. The molecular weight excluding hydrogens is 244 g/mol. The van der Waals surface area contributed by atoms with Crippen LogP contribution in [0.1, 0.15) is 31.2 Å². The van der Waals surface area contributed by atoms with Gasteiger partial charge in [0.2, 0.25) is 0 Å². The summed E-state index contributed by atoms with van der Waals surface area (Å²) in [5.74, 6) is 0.766. The fourth-order valence-electron chi connectivity index (χ4n) is 1.70. The Labute approximate surface area is 115 Å². The van der Waals surface area contributed by atoms with E-state index in [9.17, 15) is 0 Å². The lowest BCUT2D eigenvalue weighted by Gasteiger charge is -2.07. The van der Waals surface area contributed by atoms with Gasteiger partial charge in [0.15, 0.2) is 0 Å². The zero-order chi connectivity index (χ0) is 13.8. The molecular formula is C15H24O4. The topological polar surface area (TPSA) is 58.9 Å². The van der Waals surface area contributed by atoms with E-state index >= 15 is 0 Å². The van der Waals surface area contributed by atoms with Gasteiger partial charge in [0.25, 0.3) is 0 Å². The third-order valence-electron chi connectivity index (χ3n) is 2.75. The molecule has 1 rings (SSSR count). The molecule has 0 aliphatic rings. The van der Waals surface area contributed by atoms with E-state index in [1.165, 1.54) is 0 Å². The highest BCUT2D eigenvalue weighted by Gasteiger charge is 1.96. The number of hydrogen-bond acceptors (Lipinski definition) is 4. The van der Waals surface area contributed by atoms with Crippen molar-refractivity contribution in [2.75, 3.05) is 26.4 Å². The summed E-state index contributed by atoms with van der Waals surface area (Å²) in [5.41, 5.74) is 1.12. The monoisotopic (exact) mass is 268 g/mol. The Morgan fingerprint density at radius 3 is 2.21 bits per heavy atom. The standard InChI is InChI=1S/C15H24O4/c16-9-3-1-2-4-11-18-13-14-5-7-15(8-6-14)19-12-10-17/h5-8,16-17H,1-4,9-13H2. The molecule has 0 saturated heterocycles. The summed E-state index contributed by atoms with van der Waals surface area (Å²) in [4.78, 5) is 0. The van der Waals surface area contributed by atoms with Crippen LogP contribution in [0.4, 0.5) is 0 Å². The molecule has 0 fully saturated rings. The van der Waals surface area contributed by atoms with Crippen molar-refractivity contribution in [1.82, 2.24) is 0 Å². The van der Waals surface area contributed by atoms with Gasteiger partial charge < -0.3 is 19.7 Å². The van der Waals surface area contributed by atoms with Gasteiger partial charge in [-0.2, -0.15) is 0 Å². The van der Waals surface area contributed by atoms with Gasteiger partial charge in [-0.3, -0.25) is 0 Å². The predicted molar refractivity (Wildman–Crippen MR) is 74.2 cm³/mol. The SMILES string of the molecule is OCCCCCCOCc1ccc(OCCO)cc1. The molecule has 0 atom stereocenters. The normalized spacial score (nSPS) is 10.6. The van der Waals surface area contributed by atoms with Crippen molar-refractivity contribution in [3.8, 4) is 5.75 Å². The van der Waals surface area contributed by atoms with Crippen LogP contribution in [0.5, 0.6) is 5.75 Å². The van der Waals surface area contributed by atoms with E-state index in [4.69, 9.17) is 19.7 Å². The predicted octanol–water partition coefficient (Wildman–Crippen LogP) is 2.13. The number of ether oxygens (including phenoxy) is 2. The van der Waals surface area contributed by atoms with Crippen molar-refractivity contribution >= 4 is 0 Å². The molecule has 108 valence electrons. The molecule has 1 aromatic carbocycles. The Hall–Kier alpha value is -1.10. The summed E-state index contributed by atoms with van der Waals surface area (Å²) in [5, 5.41) is 17.3. The van der Waals surface area contributed by atoms with E-state index in [0.29, 0.717) is 13.2 Å². The van der Waals surface area contributed by atoms with Gasteiger partial charge in [-0.1, -0.05) is 25.0 Å². The van der Waals surface area contributed by atoms with Crippen molar-refractivity contribution in [1.29, 1.82) is 0 Å². The van der Waals surface area contributed by atoms with Crippen LogP contribution in [0.15, 0.2) is 24.3 Å². The van der Waals surface area contributed by atoms with Gasteiger partial charge >= 0.3 is 0 Å². The van der Waals surface area contributed by atoms with Crippen LogP contribution in [-0.2, 0) is 11.3 Å². The molecule has 0 aliphatic heterocycles. The molecule has 1 aromatic rings. The van der Waals surface area contributed by atoms with Crippen LogP contribution in [0.25, 0.3) is 0 Å². The maximum absolute atomic E-state index is 8.64. The third-order valence-corrected chi connectivity index (χ3v) is 2.75. The fraction of sp³-hybridized carbons (Fsp3) is 0.600. The molecule has 0 heterocycles. The van der Waals surface area contributed by atoms with Crippen LogP contribution >= 0.6 is 0 Å². The second-order valence-electron chi connectivity index (χ2n) is 4.41. The van der Waals surface area contributed by atoms with E-state index in [1.54, 1.807) is 0 Å².